The van der Waals surface area contributed by atoms with E-state index in [-0.39, 0.29) is 5.03 Å². The fraction of sp³-hybridized carbons (Fsp3) is 0.320. The summed E-state index contributed by atoms with van der Waals surface area (Å²) in [6, 6.07) is 13.5. The van der Waals surface area contributed by atoms with E-state index < -0.39 is 20.7 Å². The zero-order valence-corrected chi connectivity index (χ0v) is 20.6. The van der Waals surface area contributed by atoms with Crippen LogP contribution >= 0.6 is 23.2 Å². The molecule has 0 spiro atoms. The van der Waals surface area contributed by atoms with Crippen molar-refractivity contribution in [2.24, 2.45) is 0 Å². The van der Waals surface area contributed by atoms with Crippen LogP contribution in [0.2, 0.25) is 0 Å². The van der Waals surface area contributed by atoms with Gasteiger partial charge in [0.2, 0.25) is 10.0 Å². The van der Waals surface area contributed by atoms with Gasteiger partial charge in [-0.05, 0) is 68.3 Å². The highest BCUT2D eigenvalue weighted by Crippen LogP contribution is 2.46. The minimum Gasteiger partial charge on any atom is -0.299 e. The molecular weight excluding hydrogens is 477 g/mol. The van der Waals surface area contributed by atoms with Crippen LogP contribution in [0.15, 0.2) is 77.1 Å². The minimum atomic E-state index is -3.95. The first-order chi connectivity index (χ1) is 15.8. The Morgan fingerprint density at radius 2 is 1.79 bits per heavy atom. The van der Waals surface area contributed by atoms with Crippen molar-refractivity contribution in [2.75, 3.05) is 13.1 Å². The van der Waals surface area contributed by atoms with Gasteiger partial charge in [0.1, 0.15) is 4.75 Å². The molecule has 0 N–H and O–H groups in total. The van der Waals surface area contributed by atoms with Gasteiger partial charge in [0.05, 0.1) is 10.1 Å². The molecule has 8 heteroatoms. The van der Waals surface area contributed by atoms with Crippen molar-refractivity contribution in [1.82, 2.24) is 13.9 Å². The maximum absolute atomic E-state index is 14.1. The van der Waals surface area contributed by atoms with Crippen LogP contribution in [-0.2, 0) is 16.6 Å². The van der Waals surface area contributed by atoms with E-state index in [0.29, 0.717) is 10.7 Å². The summed E-state index contributed by atoms with van der Waals surface area (Å²) in [6.45, 7) is 4.86. The van der Waals surface area contributed by atoms with Crippen molar-refractivity contribution < 1.29 is 8.42 Å². The normalized spacial score (nSPS) is 24.2. The maximum atomic E-state index is 14.1. The number of rotatable bonds is 5. The summed E-state index contributed by atoms with van der Waals surface area (Å²) in [4.78, 5) is 6.75. The van der Waals surface area contributed by atoms with Gasteiger partial charge >= 0.3 is 0 Å². The number of allylic oxidation sites excluding steroid dienone is 3. The molecule has 5 rings (SSSR count). The SMILES string of the molecule is CC1(S(=O)(=O)n2ccc3cccnc32)C=C(Cl)C(Cl)=CC1c1ccc(CN2CCCC2)cc1. The highest BCUT2D eigenvalue weighted by atomic mass is 35.5. The standard InChI is InChI=1S/C25H25Cl2N3O2S/c1-25(33(31,32)30-14-10-20-5-4-11-28-24(20)30)16-23(27)22(26)15-21(25)19-8-6-18(7-9-19)17-29-12-2-3-13-29/h4-11,14-16,21H,2-3,12-13,17H2,1H3. The monoisotopic (exact) mass is 501 g/mol. The van der Waals surface area contributed by atoms with Gasteiger partial charge in [-0.15, -0.1) is 0 Å². The molecule has 2 aliphatic rings. The van der Waals surface area contributed by atoms with Gasteiger partial charge in [-0.3, -0.25) is 4.90 Å². The Bertz CT molecular complexity index is 1360. The van der Waals surface area contributed by atoms with Crippen molar-refractivity contribution in [3.8, 4) is 0 Å². The first kappa shape index (κ1) is 22.7. The molecule has 3 aromatic rings. The second kappa shape index (κ2) is 8.58. The van der Waals surface area contributed by atoms with E-state index in [0.717, 1.165) is 30.6 Å². The fourth-order valence-corrected chi connectivity index (χ4v) is 7.19. The van der Waals surface area contributed by atoms with Crippen LogP contribution in [0, 0.1) is 0 Å². The molecule has 3 heterocycles. The summed E-state index contributed by atoms with van der Waals surface area (Å²) < 4.78 is 28.0. The van der Waals surface area contributed by atoms with E-state index in [4.69, 9.17) is 23.2 Å². The third-order valence-corrected chi connectivity index (χ3v) is 9.78. The van der Waals surface area contributed by atoms with Gasteiger partial charge < -0.3 is 0 Å². The summed E-state index contributed by atoms with van der Waals surface area (Å²) in [5, 5.41) is 1.34. The van der Waals surface area contributed by atoms with Gasteiger partial charge in [0.25, 0.3) is 0 Å². The lowest BCUT2D eigenvalue weighted by Gasteiger charge is -2.36. The van der Waals surface area contributed by atoms with Crippen molar-refractivity contribution in [1.29, 1.82) is 0 Å². The van der Waals surface area contributed by atoms with Crippen molar-refractivity contribution in [3.05, 3.63) is 88.2 Å². The van der Waals surface area contributed by atoms with Crippen LogP contribution in [0.3, 0.4) is 0 Å². The van der Waals surface area contributed by atoms with Crippen LogP contribution in [0.1, 0.15) is 36.8 Å². The molecule has 0 amide bonds. The Hall–Kier alpha value is -2.12. The van der Waals surface area contributed by atoms with E-state index in [2.05, 4.69) is 22.0 Å². The Balaban J connectivity index is 1.56. The molecule has 1 saturated heterocycles. The van der Waals surface area contributed by atoms with E-state index >= 15 is 0 Å². The molecule has 1 aliphatic carbocycles. The molecule has 0 saturated carbocycles. The average Bonchev–Trinajstić information content (AvgIpc) is 3.47. The van der Waals surface area contributed by atoms with Crippen molar-refractivity contribution >= 4 is 44.3 Å². The lowest BCUT2D eigenvalue weighted by atomic mass is 9.83. The Morgan fingerprint density at radius 1 is 1.06 bits per heavy atom. The fourth-order valence-electron chi connectivity index (χ4n) is 4.84. The zero-order valence-electron chi connectivity index (χ0n) is 18.3. The largest absolute Gasteiger partial charge is 0.299 e. The molecule has 1 fully saturated rings. The molecule has 2 aromatic heterocycles. The number of nitrogens with zero attached hydrogens (tertiary/aromatic N) is 3. The molecule has 1 aliphatic heterocycles. The predicted molar refractivity (Wildman–Crippen MR) is 134 cm³/mol. The summed E-state index contributed by atoms with van der Waals surface area (Å²) in [7, 11) is -3.95. The van der Waals surface area contributed by atoms with Crippen LogP contribution in [-0.4, -0.2) is 40.1 Å². The minimum absolute atomic E-state index is 0.231. The van der Waals surface area contributed by atoms with Gasteiger partial charge in [-0.2, -0.15) is 0 Å². The van der Waals surface area contributed by atoms with Gasteiger partial charge in [-0.25, -0.2) is 17.4 Å². The van der Waals surface area contributed by atoms with Crippen LogP contribution in [0.5, 0.6) is 0 Å². The molecular formula is C25H25Cl2N3O2S. The van der Waals surface area contributed by atoms with E-state index in [9.17, 15) is 8.42 Å². The molecule has 2 unspecified atom stereocenters. The molecule has 172 valence electrons. The lowest BCUT2D eigenvalue weighted by molar-refractivity contribution is 0.331. The Morgan fingerprint density at radius 3 is 2.52 bits per heavy atom. The number of aromatic nitrogens is 2. The number of hydrogen-bond donors (Lipinski definition) is 0. The van der Waals surface area contributed by atoms with Gasteiger partial charge in [-0.1, -0.05) is 53.5 Å². The van der Waals surface area contributed by atoms with Crippen molar-refractivity contribution in [2.45, 2.75) is 37.0 Å². The van der Waals surface area contributed by atoms with Crippen LogP contribution in [0.4, 0.5) is 0 Å². The molecule has 33 heavy (non-hydrogen) atoms. The van der Waals surface area contributed by atoms with Gasteiger partial charge in [0, 0.05) is 30.2 Å². The van der Waals surface area contributed by atoms with Crippen molar-refractivity contribution in [3.63, 3.8) is 0 Å². The summed E-state index contributed by atoms with van der Waals surface area (Å²) in [5.74, 6) is -0.514. The molecule has 0 bridgehead atoms. The highest BCUT2D eigenvalue weighted by molar-refractivity contribution is 7.91. The third-order valence-electron chi connectivity index (χ3n) is 6.75. The molecule has 5 nitrogen and oxygen atoms in total. The number of likely N-dealkylation sites (tertiary alicyclic amines) is 1. The van der Waals surface area contributed by atoms with Gasteiger partial charge in [0.15, 0.2) is 5.65 Å². The first-order valence-corrected chi connectivity index (χ1v) is 13.2. The third kappa shape index (κ3) is 3.93. The van der Waals surface area contributed by atoms with Crippen LogP contribution in [0.25, 0.3) is 11.0 Å². The lowest BCUT2D eigenvalue weighted by Crippen LogP contribution is -2.44. The number of hydrogen-bond acceptors (Lipinski definition) is 4. The second-order valence-corrected chi connectivity index (χ2v) is 12.0. The Labute approximate surface area is 204 Å². The maximum Gasteiger partial charge on any atom is 0.250 e. The van der Waals surface area contributed by atoms with E-state index in [1.807, 2.05) is 18.2 Å². The number of fused-ring (bicyclic) bond motifs is 1. The van der Waals surface area contributed by atoms with Crippen LogP contribution < -0.4 is 0 Å². The summed E-state index contributed by atoms with van der Waals surface area (Å²) >= 11 is 12.8. The molecule has 2 atom stereocenters. The smallest absolute Gasteiger partial charge is 0.250 e. The predicted octanol–water partition coefficient (Wildman–Crippen LogP) is 5.61. The first-order valence-electron chi connectivity index (χ1n) is 11.0. The topological polar surface area (TPSA) is 55.2 Å². The summed E-state index contributed by atoms with van der Waals surface area (Å²) in [5.41, 5.74) is 2.48. The second-order valence-electron chi connectivity index (χ2n) is 8.93. The zero-order chi connectivity index (χ0) is 23.2. The number of pyridine rings is 1. The average molecular weight is 502 g/mol. The molecule has 0 radical (unpaired) electrons. The van der Waals surface area contributed by atoms with E-state index in [1.54, 1.807) is 43.6 Å². The quantitative estimate of drug-likeness (QED) is 0.455. The highest BCUT2D eigenvalue weighted by Gasteiger charge is 2.48. The summed E-state index contributed by atoms with van der Waals surface area (Å²) in [6.07, 6.45) is 8.94. The Kier molecular flexibility index (Phi) is 5.90. The van der Waals surface area contributed by atoms with E-state index in [1.165, 1.54) is 22.4 Å². The molecule has 1 aromatic carbocycles. The number of halogens is 2. The number of benzene rings is 1.